The molecular weight excluding hydrogens is 510 g/mol. The molecule has 0 spiro atoms. The minimum atomic E-state index is -3.77. The summed E-state index contributed by atoms with van der Waals surface area (Å²) in [6, 6.07) is 10.1. The molecule has 3 N–H and O–H groups in total. The maximum atomic E-state index is 13.2. The third-order valence-corrected chi connectivity index (χ3v) is 5.00. The molecule has 0 unspecified atom stereocenters. The van der Waals surface area contributed by atoms with E-state index in [2.05, 4.69) is 26.3 Å². The highest BCUT2D eigenvalue weighted by Gasteiger charge is 2.30. The van der Waals surface area contributed by atoms with Crippen molar-refractivity contribution in [2.75, 3.05) is 12.3 Å². The molecule has 202 valence electrons. The Morgan fingerprint density at radius 3 is 2.24 bits per heavy atom. The number of anilines is 1. The van der Waals surface area contributed by atoms with Gasteiger partial charge in [0.1, 0.15) is 40.9 Å². The van der Waals surface area contributed by atoms with Crippen LogP contribution in [0.15, 0.2) is 60.5 Å². The Hall–Kier alpha value is -4.06. The molecule has 3 aromatic heterocycles. The van der Waals surface area contributed by atoms with Crippen LogP contribution in [0.5, 0.6) is 5.75 Å². The normalized spacial score (nSPS) is 9.53. The highest BCUT2D eigenvalue weighted by molar-refractivity contribution is 7.98. The van der Waals surface area contributed by atoms with Gasteiger partial charge in [0.2, 0.25) is 0 Å². The minimum absolute atomic E-state index is 0.0517. The van der Waals surface area contributed by atoms with Crippen molar-refractivity contribution in [2.45, 2.75) is 51.5 Å². The van der Waals surface area contributed by atoms with Crippen molar-refractivity contribution in [3.8, 4) is 29.1 Å². The number of rotatable bonds is 7. The molecule has 3 rings (SSSR count). The van der Waals surface area contributed by atoms with Crippen LogP contribution in [0.25, 0.3) is 11.3 Å². The van der Waals surface area contributed by atoms with E-state index in [0.717, 1.165) is 11.8 Å². The second kappa shape index (κ2) is 18.2. The van der Waals surface area contributed by atoms with Gasteiger partial charge >= 0.3 is 6.11 Å². The number of nitrogen functional groups attached to an aromatic ring is 1. The highest BCUT2D eigenvalue weighted by Crippen LogP contribution is 2.36. The zero-order valence-electron chi connectivity index (χ0n) is 22.1. The highest BCUT2D eigenvalue weighted by atomic mass is 32.2. The van der Waals surface area contributed by atoms with Crippen molar-refractivity contribution < 1.29 is 18.6 Å². The number of aromatic nitrogens is 3. The van der Waals surface area contributed by atoms with Crippen LogP contribution >= 0.6 is 11.8 Å². The van der Waals surface area contributed by atoms with Crippen LogP contribution in [0.4, 0.5) is 14.6 Å². The molecular formula is C27H32F2N6O2S. The minimum Gasteiger partial charge on any atom is -0.429 e. The molecule has 0 bridgehead atoms. The Bertz CT molecular complexity index is 1210. The fourth-order valence-corrected chi connectivity index (χ4v) is 3.52. The fraction of sp³-hybridized carbons (Fsp3) is 0.296. The van der Waals surface area contributed by atoms with Crippen molar-refractivity contribution in [1.82, 2.24) is 15.0 Å². The molecule has 0 aliphatic rings. The number of nitriles is 2. The van der Waals surface area contributed by atoms with Gasteiger partial charge in [-0.15, -0.1) is 18.3 Å². The summed E-state index contributed by atoms with van der Waals surface area (Å²) in [5, 5.41) is 28.2. The van der Waals surface area contributed by atoms with Gasteiger partial charge in [-0.1, -0.05) is 39.8 Å². The molecule has 38 heavy (non-hydrogen) atoms. The van der Waals surface area contributed by atoms with Crippen molar-refractivity contribution in [3.63, 3.8) is 0 Å². The van der Waals surface area contributed by atoms with E-state index in [-0.39, 0.29) is 34.0 Å². The van der Waals surface area contributed by atoms with Gasteiger partial charge in [0.05, 0.1) is 17.5 Å². The Morgan fingerprint density at radius 1 is 1.13 bits per heavy atom. The lowest BCUT2D eigenvalue weighted by molar-refractivity contribution is -0.201. The fourth-order valence-electron chi connectivity index (χ4n) is 2.59. The SMILES string of the molecule is C=CC.CC.CC.N#Cc1c(N)nc(SCc2cccnc2)c(C#N)c1-c1ccc(OC(F)(F)CO)cn1. The zero-order chi connectivity index (χ0) is 29.1. The van der Waals surface area contributed by atoms with Crippen LogP contribution in [0, 0.1) is 22.7 Å². The van der Waals surface area contributed by atoms with Gasteiger partial charge in [-0.25, -0.2) is 4.98 Å². The number of halogens is 2. The smallest absolute Gasteiger partial charge is 0.421 e. The van der Waals surface area contributed by atoms with Gasteiger partial charge in [-0.05, 0) is 30.7 Å². The van der Waals surface area contributed by atoms with Gasteiger partial charge in [-0.2, -0.15) is 19.3 Å². The Labute approximate surface area is 226 Å². The van der Waals surface area contributed by atoms with Crippen LogP contribution in [0.3, 0.4) is 0 Å². The summed E-state index contributed by atoms with van der Waals surface area (Å²) in [4.78, 5) is 12.3. The molecule has 3 aromatic rings. The van der Waals surface area contributed by atoms with Crippen LogP contribution in [0.1, 0.15) is 51.3 Å². The zero-order valence-corrected chi connectivity index (χ0v) is 22.9. The third kappa shape index (κ3) is 10.1. The third-order valence-electron chi connectivity index (χ3n) is 3.96. The summed E-state index contributed by atoms with van der Waals surface area (Å²) < 4.78 is 30.8. The van der Waals surface area contributed by atoms with Gasteiger partial charge in [0.25, 0.3) is 0 Å². The number of nitrogens with two attached hydrogens (primary N) is 1. The first-order valence-electron chi connectivity index (χ1n) is 11.7. The lowest BCUT2D eigenvalue weighted by Crippen LogP contribution is -2.29. The molecule has 0 amide bonds. The lowest BCUT2D eigenvalue weighted by Gasteiger charge is -2.16. The Kier molecular flexibility index (Phi) is 16.3. The molecule has 3 heterocycles. The maximum Gasteiger partial charge on any atom is 0.421 e. The molecule has 0 radical (unpaired) electrons. The van der Waals surface area contributed by atoms with Gasteiger partial charge in [0.15, 0.2) is 0 Å². The first-order chi connectivity index (χ1) is 18.3. The number of allylic oxidation sites excluding steroid dienone is 1. The molecule has 0 saturated carbocycles. The standard InChI is InChI=1S/C20H14F2N6O2S.C3H6.2C2H6/c21-20(22,11-29)30-13-3-4-16(27-9-13)17-14(6-23)18(25)28-19(15(17)7-24)31-10-12-2-1-5-26-8-12;1-3-2;2*1-2/h1-5,8-9,29H,10-11H2,(H2,25,28);3H,1H2,2H3;2*1-2H3. The van der Waals surface area contributed by atoms with Crippen LogP contribution < -0.4 is 10.5 Å². The molecule has 0 aromatic carbocycles. The van der Waals surface area contributed by atoms with E-state index < -0.39 is 12.7 Å². The van der Waals surface area contributed by atoms with E-state index in [1.54, 1.807) is 24.5 Å². The van der Waals surface area contributed by atoms with Crippen molar-refractivity contribution in [1.29, 1.82) is 10.5 Å². The maximum absolute atomic E-state index is 13.2. The summed E-state index contributed by atoms with van der Waals surface area (Å²) in [6.07, 6.45) is 2.30. The molecule has 0 saturated heterocycles. The van der Waals surface area contributed by atoms with Gasteiger partial charge < -0.3 is 15.6 Å². The summed E-state index contributed by atoms with van der Waals surface area (Å²) in [7, 11) is 0. The molecule has 11 heteroatoms. The van der Waals surface area contributed by atoms with Crippen molar-refractivity contribution in [2.24, 2.45) is 0 Å². The Balaban J connectivity index is 0.00000179. The van der Waals surface area contributed by atoms with E-state index in [1.807, 2.05) is 52.8 Å². The van der Waals surface area contributed by atoms with E-state index in [9.17, 15) is 19.3 Å². The molecule has 0 fully saturated rings. The van der Waals surface area contributed by atoms with Crippen LogP contribution in [0.2, 0.25) is 0 Å². The second-order valence-electron chi connectivity index (χ2n) is 6.49. The predicted octanol–water partition coefficient (Wildman–Crippen LogP) is 6.37. The number of thioether (sulfide) groups is 1. The predicted molar refractivity (Wildman–Crippen MR) is 146 cm³/mol. The average Bonchev–Trinajstić information content (AvgIpc) is 2.95. The first-order valence-corrected chi connectivity index (χ1v) is 12.6. The number of pyridine rings is 3. The Morgan fingerprint density at radius 2 is 1.76 bits per heavy atom. The van der Waals surface area contributed by atoms with Gasteiger partial charge in [0, 0.05) is 23.7 Å². The molecule has 0 aliphatic carbocycles. The van der Waals surface area contributed by atoms with Crippen LogP contribution in [-0.2, 0) is 5.75 Å². The summed E-state index contributed by atoms with van der Waals surface area (Å²) in [5.74, 6) is 0.0728. The van der Waals surface area contributed by atoms with E-state index in [4.69, 9.17) is 10.8 Å². The van der Waals surface area contributed by atoms with E-state index in [0.29, 0.717) is 10.8 Å². The van der Waals surface area contributed by atoms with Crippen molar-refractivity contribution in [3.05, 3.63) is 72.2 Å². The largest absolute Gasteiger partial charge is 0.429 e. The number of hydrogen-bond donors (Lipinski definition) is 2. The summed E-state index contributed by atoms with van der Waals surface area (Å²) in [5.41, 5.74) is 7.18. The van der Waals surface area contributed by atoms with Crippen LogP contribution in [-0.4, -0.2) is 32.8 Å². The average molecular weight is 543 g/mol. The van der Waals surface area contributed by atoms with E-state index >= 15 is 0 Å². The summed E-state index contributed by atoms with van der Waals surface area (Å²) >= 11 is 1.24. The number of alkyl halides is 2. The number of hydrogen-bond acceptors (Lipinski definition) is 9. The quantitative estimate of drug-likeness (QED) is 0.257. The first kappa shape index (κ1) is 33.9. The van der Waals surface area contributed by atoms with Crippen molar-refractivity contribution >= 4 is 17.6 Å². The summed E-state index contributed by atoms with van der Waals surface area (Å²) in [6.45, 7) is 11.8. The number of nitrogens with zero attached hydrogens (tertiary/aromatic N) is 5. The van der Waals surface area contributed by atoms with Gasteiger partial charge in [-0.3, -0.25) is 9.97 Å². The monoisotopic (exact) mass is 542 g/mol. The topological polar surface area (TPSA) is 142 Å². The number of aliphatic hydroxyl groups is 1. The van der Waals surface area contributed by atoms with E-state index in [1.165, 1.54) is 23.9 Å². The number of aliphatic hydroxyl groups excluding tert-OH is 1. The molecule has 0 atom stereocenters. The second-order valence-corrected chi connectivity index (χ2v) is 7.45. The molecule has 8 nitrogen and oxygen atoms in total. The number of ether oxygens (including phenoxy) is 1. The lowest BCUT2D eigenvalue weighted by atomic mass is 10.0. The molecule has 0 aliphatic heterocycles.